The highest BCUT2D eigenvalue weighted by molar-refractivity contribution is 7.12. The van der Waals surface area contributed by atoms with Crippen molar-refractivity contribution in [3.63, 3.8) is 0 Å². The van der Waals surface area contributed by atoms with E-state index in [4.69, 9.17) is 0 Å². The topological polar surface area (TPSA) is 54.3 Å². The molecule has 3 rings (SSSR count). The van der Waals surface area contributed by atoms with E-state index in [9.17, 15) is 18.0 Å². The molecule has 130 valence electrons. The Kier molecular flexibility index (Phi) is 4.35. The van der Waals surface area contributed by atoms with Gasteiger partial charge in [0.15, 0.2) is 5.69 Å². The van der Waals surface area contributed by atoms with Gasteiger partial charge in [-0.05, 0) is 20.0 Å². The van der Waals surface area contributed by atoms with Gasteiger partial charge in [-0.3, -0.25) is 4.79 Å². The van der Waals surface area contributed by atoms with E-state index in [1.807, 2.05) is 7.05 Å². The predicted molar refractivity (Wildman–Crippen MR) is 82.4 cm³/mol. The molecule has 1 aliphatic heterocycles. The van der Waals surface area contributed by atoms with Crippen LogP contribution in [-0.4, -0.2) is 63.7 Å². The zero-order valence-electron chi connectivity index (χ0n) is 13.2. The van der Waals surface area contributed by atoms with Gasteiger partial charge in [0.2, 0.25) is 5.13 Å². The Balaban J connectivity index is 1.85. The average Bonchev–Trinajstić information content (AvgIpc) is 3.13. The number of halogens is 3. The maximum Gasteiger partial charge on any atom is 0.433 e. The molecule has 1 aliphatic rings. The Labute approximate surface area is 140 Å². The van der Waals surface area contributed by atoms with Crippen LogP contribution >= 0.6 is 11.3 Å². The fourth-order valence-corrected chi connectivity index (χ4v) is 3.24. The summed E-state index contributed by atoms with van der Waals surface area (Å²) in [5.41, 5.74) is -0.502. The van der Waals surface area contributed by atoms with E-state index in [1.165, 1.54) is 12.3 Å². The second kappa shape index (κ2) is 6.17. The second-order valence-corrected chi connectivity index (χ2v) is 6.53. The van der Waals surface area contributed by atoms with E-state index in [0.717, 1.165) is 35.2 Å². The molecule has 24 heavy (non-hydrogen) atoms. The molecule has 2 aromatic heterocycles. The Morgan fingerprint density at radius 2 is 1.92 bits per heavy atom. The molecule has 3 heterocycles. The molecular weight excluding hydrogens is 343 g/mol. The van der Waals surface area contributed by atoms with E-state index in [1.54, 1.807) is 4.90 Å². The Morgan fingerprint density at radius 1 is 1.25 bits per heavy atom. The van der Waals surface area contributed by atoms with Crippen molar-refractivity contribution < 1.29 is 18.0 Å². The normalized spacial score (nSPS) is 16.6. The summed E-state index contributed by atoms with van der Waals surface area (Å²) in [6, 6.07) is 0.962. The molecule has 0 radical (unpaired) electrons. The molecule has 0 bridgehead atoms. The molecule has 0 unspecified atom stereocenters. The number of carbonyl (C=O) groups is 1. The number of amides is 1. The third kappa shape index (κ3) is 3.29. The summed E-state index contributed by atoms with van der Waals surface area (Å²) >= 11 is 0.971. The summed E-state index contributed by atoms with van der Waals surface area (Å²) in [4.78, 5) is 20.3. The molecule has 1 saturated heterocycles. The van der Waals surface area contributed by atoms with Crippen LogP contribution in [0, 0.1) is 6.92 Å². The number of aryl methyl sites for hydroxylation is 1. The first-order valence-electron chi connectivity index (χ1n) is 7.33. The number of alkyl halides is 3. The SMILES string of the molecule is Cc1cc(C(F)(F)F)n(-c2nc(C(=O)N3CCN(C)CC3)cs2)n1. The van der Waals surface area contributed by atoms with Gasteiger partial charge < -0.3 is 9.80 Å². The molecule has 0 atom stereocenters. The number of thiazole rings is 1. The van der Waals surface area contributed by atoms with E-state index in [0.29, 0.717) is 13.1 Å². The Hall–Kier alpha value is -1.94. The fourth-order valence-electron chi connectivity index (χ4n) is 2.48. The van der Waals surface area contributed by atoms with E-state index >= 15 is 0 Å². The Morgan fingerprint density at radius 3 is 2.54 bits per heavy atom. The monoisotopic (exact) mass is 359 g/mol. The fraction of sp³-hybridized carbons (Fsp3) is 0.500. The molecule has 2 aromatic rings. The minimum atomic E-state index is -4.53. The van der Waals surface area contributed by atoms with Crippen LogP contribution in [-0.2, 0) is 6.18 Å². The number of rotatable bonds is 2. The van der Waals surface area contributed by atoms with Gasteiger partial charge in [0, 0.05) is 31.6 Å². The van der Waals surface area contributed by atoms with E-state index < -0.39 is 11.9 Å². The van der Waals surface area contributed by atoms with Gasteiger partial charge in [-0.2, -0.15) is 18.3 Å². The zero-order valence-corrected chi connectivity index (χ0v) is 14.0. The van der Waals surface area contributed by atoms with Gasteiger partial charge >= 0.3 is 6.18 Å². The minimum Gasteiger partial charge on any atom is -0.335 e. The van der Waals surface area contributed by atoms with Gasteiger partial charge in [0.05, 0.1) is 5.69 Å². The highest BCUT2D eigenvalue weighted by Gasteiger charge is 2.36. The molecule has 10 heteroatoms. The molecule has 0 aliphatic carbocycles. The molecule has 6 nitrogen and oxygen atoms in total. The van der Waals surface area contributed by atoms with Gasteiger partial charge in [0.25, 0.3) is 5.91 Å². The van der Waals surface area contributed by atoms with Gasteiger partial charge in [-0.25, -0.2) is 9.67 Å². The summed E-state index contributed by atoms with van der Waals surface area (Å²) in [6.45, 7) is 4.17. The van der Waals surface area contributed by atoms with E-state index in [2.05, 4.69) is 15.0 Å². The lowest BCUT2D eigenvalue weighted by atomic mass is 10.3. The van der Waals surface area contributed by atoms with E-state index in [-0.39, 0.29) is 22.4 Å². The van der Waals surface area contributed by atoms with Crippen LogP contribution in [0.25, 0.3) is 5.13 Å². The molecular formula is C14H16F3N5OS. The van der Waals surface area contributed by atoms with Gasteiger partial charge in [-0.1, -0.05) is 0 Å². The summed E-state index contributed by atoms with van der Waals surface area (Å²) in [7, 11) is 1.97. The lowest BCUT2D eigenvalue weighted by Crippen LogP contribution is -2.47. The average molecular weight is 359 g/mol. The first kappa shape index (κ1) is 16.9. The molecule has 0 spiro atoms. The highest BCUT2D eigenvalue weighted by atomic mass is 32.1. The number of carbonyl (C=O) groups excluding carboxylic acids is 1. The van der Waals surface area contributed by atoms with Crippen LogP contribution in [0.5, 0.6) is 0 Å². The van der Waals surface area contributed by atoms with Crippen molar-refractivity contribution in [2.24, 2.45) is 0 Å². The highest BCUT2D eigenvalue weighted by Crippen LogP contribution is 2.32. The van der Waals surface area contributed by atoms with Crippen molar-refractivity contribution in [3.8, 4) is 5.13 Å². The lowest BCUT2D eigenvalue weighted by Gasteiger charge is -2.31. The first-order chi connectivity index (χ1) is 11.3. The number of hydrogen-bond acceptors (Lipinski definition) is 5. The molecule has 0 saturated carbocycles. The first-order valence-corrected chi connectivity index (χ1v) is 8.21. The second-order valence-electron chi connectivity index (χ2n) is 5.69. The van der Waals surface area contributed by atoms with Crippen molar-refractivity contribution in [2.75, 3.05) is 33.2 Å². The standard InChI is InChI=1S/C14H16F3N5OS/c1-9-7-11(14(15,16)17)22(19-9)13-18-10(8-24-13)12(23)21-5-3-20(2)4-6-21/h7-8H,3-6H2,1-2H3. The van der Waals surface area contributed by atoms with Crippen LogP contribution < -0.4 is 0 Å². The summed E-state index contributed by atoms with van der Waals surface area (Å²) in [5.74, 6) is -0.261. The molecule has 1 fully saturated rings. The maximum absolute atomic E-state index is 13.1. The van der Waals surface area contributed by atoms with Gasteiger partial charge in [0.1, 0.15) is 5.69 Å². The smallest absolute Gasteiger partial charge is 0.335 e. The zero-order chi connectivity index (χ0) is 17.5. The van der Waals surface area contributed by atoms with Crippen LogP contribution in [0.4, 0.5) is 13.2 Å². The van der Waals surface area contributed by atoms with Crippen molar-refractivity contribution in [1.82, 2.24) is 24.6 Å². The third-order valence-electron chi connectivity index (χ3n) is 3.80. The van der Waals surface area contributed by atoms with Crippen LogP contribution in [0.1, 0.15) is 21.9 Å². The third-order valence-corrected chi connectivity index (χ3v) is 4.62. The number of nitrogens with zero attached hydrogens (tertiary/aromatic N) is 5. The quantitative estimate of drug-likeness (QED) is 0.824. The summed E-state index contributed by atoms with van der Waals surface area (Å²) in [6.07, 6.45) is -4.53. The van der Waals surface area contributed by atoms with Crippen LogP contribution in [0.15, 0.2) is 11.4 Å². The molecule has 0 aromatic carbocycles. The summed E-state index contributed by atoms with van der Waals surface area (Å²) < 4.78 is 40.0. The number of piperazine rings is 1. The van der Waals surface area contributed by atoms with Crippen LogP contribution in [0.2, 0.25) is 0 Å². The predicted octanol–water partition coefficient (Wildman–Crippen LogP) is 2.04. The molecule has 1 amide bonds. The van der Waals surface area contributed by atoms with Crippen molar-refractivity contribution in [2.45, 2.75) is 13.1 Å². The lowest BCUT2D eigenvalue weighted by molar-refractivity contribution is -0.142. The minimum absolute atomic E-state index is 0.0351. The number of hydrogen-bond donors (Lipinski definition) is 0. The number of aromatic nitrogens is 3. The molecule has 0 N–H and O–H groups in total. The van der Waals surface area contributed by atoms with Crippen LogP contribution in [0.3, 0.4) is 0 Å². The largest absolute Gasteiger partial charge is 0.433 e. The van der Waals surface area contributed by atoms with Gasteiger partial charge in [-0.15, -0.1) is 11.3 Å². The number of likely N-dealkylation sites (N-methyl/N-ethyl adjacent to an activating group) is 1. The van der Waals surface area contributed by atoms with Crippen molar-refractivity contribution in [3.05, 3.63) is 28.5 Å². The Bertz CT molecular complexity index is 746. The summed E-state index contributed by atoms with van der Waals surface area (Å²) in [5, 5.41) is 5.37. The van der Waals surface area contributed by atoms with Crippen molar-refractivity contribution >= 4 is 17.2 Å². The maximum atomic E-state index is 13.1. The van der Waals surface area contributed by atoms with Crippen molar-refractivity contribution in [1.29, 1.82) is 0 Å².